The molecule has 1 amide bonds. The van der Waals surface area contributed by atoms with Crippen LogP contribution in [0.1, 0.15) is 6.42 Å². The van der Waals surface area contributed by atoms with Crippen LogP contribution in [-0.2, 0) is 9.59 Å². The normalized spacial score (nSPS) is 22.5. The Morgan fingerprint density at radius 3 is 2.29 bits per heavy atom. The maximum atomic E-state index is 11.9. The van der Waals surface area contributed by atoms with Gasteiger partial charge in [0, 0.05) is 13.1 Å². The van der Waals surface area contributed by atoms with E-state index in [2.05, 4.69) is 0 Å². The molecule has 0 aromatic carbocycles. The molecule has 0 aliphatic carbocycles. The fourth-order valence-electron chi connectivity index (χ4n) is 1.33. The van der Waals surface area contributed by atoms with E-state index in [1.165, 1.54) is 0 Å². The van der Waals surface area contributed by atoms with Gasteiger partial charge in [-0.2, -0.15) is 13.2 Å². The van der Waals surface area contributed by atoms with Crippen LogP contribution in [0.25, 0.3) is 0 Å². The summed E-state index contributed by atoms with van der Waals surface area (Å²) in [5.74, 6) is -4.00. The Labute approximate surface area is 77.3 Å². The molecule has 0 spiro atoms. The fourth-order valence-corrected chi connectivity index (χ4v) is 1.33. The number of alkyl halides is 3. The van der Waals surface area contributed by atoms with Gasteiger partial charge in [0.2, 0.25) is 0 Å². The Morgan fingerprint density at radius 1 is 1.36 bits per heavy atom. The zero-order valence-corrected chi connectivity index (χ0v) is 7.04. The third kappa shape index (κ3) is 2.15. The molecule has 7 heteroatoms. The molecule has 14 heavy (non-hydrogen) atoms. The van der Waals surface area contributed by atoms with Crippen LogP contribution >= 0.6 is 0 Å². The van der Waals surface area contributed by atoms with Crippen molar-refractivity contribution in [1.29, 1.82) is 0 Å². The quantitative estimate of drug-likeness (QED) is 0.686. The highest BCUT2D eigenvalue weighted by molar-refractivity contribution is 5.83. The minimum absolute atomic E-state index is 0.0805. The topological polar surface area (TPSA) is 57.6 Å². The summed E-state index contributed by atoms with van der Waals surface area (Å²) in [5, 5.41) is 8.50. The van der Waals surface area contributed by atoms with Crippen molar-refractivity contribution < 1.29 is 27.9 Å². The monoisotopic (exact) mass is 211 g/mol. The number of halogens is 3. The first-order chi connectivity index (χ1) is 6.32. The number of carbonyl (C=O) groups is 2. The molecule has 0 aromatic rings. The third-order valence-electron chi connectivity index (χ3n) is 2.07. The molecule has 1 rings (SSSR count). The third-order valence-corrected chi connectivity index (χ3v) is 2.07. The molecular formula is C7H8F3NO3. The van der Waals surface area contributed by atoms with E-state index in [4.69, 9.17) is 5.11 Å². The van der Waals surface area contributed by atoms with Gasteiger partial charge in [-0.25, -0.2) is 0 Å². The number of carboxylic acids is 1. The number of hydrogen-bond donors (Lipinski definition) is 1. The summed E-state index contributed by atoms with van der Waals surface area (Å²) >= 11 is 0. The maximum absolute atomic E-state index is 11.9. The van der Waals surface area contributed by atoms with Crippen LogP contribution in [0.2, 0.25) is 0 Å². The van der Waals surface area contributed by atoms with Gasteiger partial charge in [-0.05, 0) is 6.42 Å². The second kappa shape index (κ2) is 3.47. The highest BCUT2D eigenvalue weighted by Crippen LogP contribution is 2.24. The minimum Gasteiger partial charge on any atom is -0.481 e. The molecule has 4 nitrogen and oxygen atoms in total. The Hall–Kier alpha value is -1.27. The van der Waals surface area contributed by atoms with Crippen molar-refractivity contribution in [2.24, 2.45) is 5.92 Å². The molecule has 1 fully saturated rings. The largest absolute Gasteiger partial charge is 0.481 e. The van der Waals surface area contributed by atoms with E-state index in [0.29, 0.717) is 4.90 Å². The van der Waals surface area contributed by atoms with Gasteiger partial charge in [0.1, 0.15) is 0 Å². The summed E-state index contributed by atoms with van der Waals surface area (Å²) < 4.78 is 35.7. The smallest absolute Gasteiger partial charge is 0.471 e. The first-order valence-electron chi connectivity index (χ1n) is 3.91. The van der Waals surface area contributed by atoms with Crippen molar-refractivity contribution in [2.45, 2.75) is 12.6 Å². The van der Waals surface area contributed by atoms with Gasteiger partial charge in [-0.3, -0.25) is 9.59 Å². The van der Waals surface area contributed by atoms with E-state index in [1.807, 2.05) is 0 Å². The van der Waals surface area contributed by atoms with Crippen LogP contribution in [0.4, 0.5) is 13.2 Å². The molecule has 1 unspecified atom stereocenters. The van der Waals surface area contributed by atoms with E-state index >= 15 is 0 Å². The molecule has 1 aliphatic rings. The average molecular weight is 211 g/mol. The molecule has 1 heterocycles. The van der Waals surface area contributed by atoms with Gasteiger partial charge in [-0.1, -0.05) is 0 Å². The number of hydrogen-bond acceptors (Lipinski definition) is 2. The van der Waals surface area contributed by atoms with Crippen molar-refractivity contribution >= 4 is 11.9 Å². The predicted octanol–water partition coefficient (Wildman–Crippen LogP) is 0.482. The van der Waals surface area contributed by atoms with E-state index in [1.54, 1.807) is 0 Å². The number of aliphatic carboxylic acids is 1. The van der Waals surface area contributed by atoms with Crippen LogP contribution in [0.5, 0.6) is 0 Å². The Bertz CT molecular complexity index is 263. The van der Waals surface area contributed by atoms with Gasteiger partial charge < -0.3 is 10.0 Å². The summed E-state index contributed by atoms with van der Waals surface area (Å²) in [6, 6.07) is 0. The fraction of sp³-hybridized carbons (Fsp3) is 0.714. The lowest BCUT2D eigenvalue weighted by molar-refractivity contribution is -0.184. The Balaban J connectivity index is 2.59. The van der Waals surface area contributed by atoms with Crippen LogP contribution in [0.15, 0.2) is 0 Å². The Kier molecular flexibility index (Phi) is 2.68. The van der Waals surface area contributed by atoms with Gasteiger partial charge in [0.15, 0.2) is 0 Å². The lowest BCUT2D eigenvalue weighted by Crippen LogP contribution is -2.40. The number of carboxylic acid groups (broad SMARTS) is 1. The second-order valence-electron chi connectivity index (χ2n) is 3.07. The molecule has 1 N–H and O–H groups in total. The van der Waals surface area contributed by atoms with E-state index < -0.39 is 24.0 Å². The summed E-state index contributed by atoms with van der Waals surface area (Å²) in [7, 11) is 0. The van der Waals surface area contributed by atoms with Crippen LogP contribution < -0.4 is 0 Å². The summed E-state index contributed by atoms with van der Waals surface area (Å²) in [5.41, 5.74) is 0. The number of carbonyl (C=O) groups excluding carboxylic acids is 1. The highest BCUT2D eigenvalue weighted by atomic mass is 19.4. The number of likely N-dealkylation sites (tertiary alicyclic amines) is 1. The number of amides is 1. The molecule has 0 aromatic heterocycles. The first kappa shape index (κ1) is 10.8. The lowest BCUT2D eigenvalue weighted by Gasteiger charge is -2.16. The zero-order valence-electron chi connectivity index (χ0n) is 7.04. The van der Waals surface area contributed by atoms with Crippen molar-refractivity contribution in [1.82, 2.24) is 4.90 Å². The molecule has 0 radical (unpaired) electrons. The van der Waals surface area contributed by atoms with E-state index in [9.17, 15) is 22.8 Å². The van der Waals surface area contributed by atoms with Crippen LogP contribution in [0.3, 0.4) is 0 Å². The molecule has 1 aliphatic heterocycles. The second-order valence-corrected chi connectivity index (χ2v) is 3.07. The summed E-state index contributed by atoms with van der Waals surface area (Å²) in [4.78, 5) is 21.6. The van der Waals surface area contributed by atoms with Crippen LogP contribution in [-0.4, -0.2) is 41.1 Å². The summed E-state index contributed by atoms with van der Waals surface area (Å²) in [6.07, 6.45) is -4.83. The van der Waals surface area contributed by atoms with Crippen molar-refractivity contribution in [3.05, 3.63) is 0 Å². The van der Waals surface area contributed by atoms with Gasteiger partial charge in [-0.15, -0.1) is 0 Å². The number of rotatable bonds is 1. The highest BCUT2D eigenvalue weighted by Gasteiger charge is 2.45. The molecule has 80 valence electrons. The lowest BCUT2D eigenvalue weighted by atomic mass is 10.1. The van der Waals surface area contributed by atoms with Gasteiger partial charge in [0.25, 0.3) is 0 Å². The zero-order chi connectivity index (χ0) is 10.9. The van der Waals surface area contributed by atoms with Crippen LogP contribution in [0, 0.1) is 5.92 Å². The van der Waals surface area contributed by atoms with E-state index in [0.717, 1.165) is 0 Å². The van der Waals surface area contributed by atoms with Crippen molar-refractivity contribution in [3.8, 4) is 0 Å². The van der Waals surface area contributed by atoms with Crippen molar-refractivity contribution in [3.63, 3.8) is 0 Å². The summed E-state index contributed by atoms with van der Waals surface area (Å²) in [6.45, 7) is -0.497. The molecule has 0 saturated carbocycles. The van der Waals surface area contributed by atoms with Crippen molar-refractivity contribution in [2.75, 3.05) is 13.1 Å². The van der Waals surface area contributed by atoms with E-state index in [-0.39, 0.29) is 19.5 Å². The first-order valence-corrected chi connectivity index (χ1v) is 3.91. The number of nitrogens with zero attached hydrogens (tertiary/aromatic N) is 1. The molecule has 1 atom stereocenters. The molecule has 1 saturated heterocycles. The minimum atomic E-state index is -4.91. The predicted molar refractivity (Wildman–Crippen MR) is 38.4 cm³/mol. The standard InChI is InChI=1S/C7H8F3NO3/c8-7(9,10)6(14)11-2-1-4(3-11)5(12)13/h4H,1-3H2,(H,12,13). The maximum Gasteiger partial charge on any atom is 0.471 e. The van der Waals surface area contributed by atoms with Gasteiger partial charge in [0.05, 0.1) is 5.92 Å². The average Bonchev–Trinajstić information content (AvgIpc) is 2.48. The molecular weight excluding hydrogens is 203 g/mol. The Morgan fingerprint density at radius 2 is 1.93 bits per heavy atom. The molecule has 0 bridgehead atoms. The SMILES string of the molecule is O=C(O)C1CCN(C(=O)C(F)(F)F)C1. The van der Waals surface area contributed by atoms with Gasteiger partial charge >= 0.3 is 18.1 Å².